The van der Waals surface area contributed by atoms with Crippen molar-refractivity contribution in [2.75, 3.05) is 5.32 Å². The molecule has 3 aromatic carbocycles. The molecule has 0 bridgehead atoms. The van der Waals surface area contributed by atoms with Crippen LogP contribution in [0.2, 0.25) is 0 Å². The van der Waals surface area contributed by atoms with Crippen LogP contribution in [0.25, 0.3) is 22.5 Å². The summed E-state index contributed by atoms with van der Waals surface area (Å²) in [6.07, 6.45) is -1.58. The zero-order valence-electron chi connectivity index (χ0n) is 19.1. The number of benzene rings is 3. The Balaban J connectivity index is 1.48. The van der Waals surface area contributed by atoms with Crippen LogP contribution in [0.5, 0.6) is 0 Å². The summed E-state index contributed by atoms with van der Waals surface area (Å²) in [7, 11) is 0. The summed E-state index contributed by atoms with van der Waals surface area (Å²) in [6.45, 7) is 3.28. The highest BCUT2D eigenvalue weighted by atomic mass is 19.1. The summed E-state index contributed by atoms with van der Waals surface area (Å²) in [5, 5.41) is 15.5. The second-order valence-electron chi connectivity index (χ2n) is 8.01. The van der Waals surface area contributed by atoms with E-state index in [9.17, 15) is 14.0 Å². The zero-order chi connectivity index (χ0) is 24.9. The van der Waals surface area contributed by atoms with Crippen LogP contribution in [0.4, 0.5) is 14.9 Å². The number of halogens is 1. The van der Waals surface area contributed by atoms with Gasteiger partial charge in [0.2, 0.25) is 0 Å². The molecule has 0 aliphatic carbocycles. The normalized spacial score (nSPS) is 11.6. The molecule has 0 aliphatic heterocycles. The first-order chi connectivity index (χ1) is 16.8. The molecule has 0 spiro atoms. The standard InChI is InChI=1S/C27H23FN2O5/c1-16-25(29-27(33)34-17(2)22-5-3-4-6-23(22)28)26(35-30-16)21-13-11-20(12-14-21)19-9-7-18(8-10-19)15-24(31)32/h3-14,17H,15H2,1-2H3,(H,29,33)(H,31,32)/t17-/m1/s1. The van der Waals surface area contributed by atoms with Crippen molar-refractivity contribution in [3.8, 4) is 22.5 Å². The minimum Gasteiger partial charge on any atom is -0.481 e. The molecule has 1 heterocycles. The van der Waals surface area contributed by atoms with Crippen LogP contribution >= 0.6 is 0 Å². The Kier molecular flexibility index (Phi) is 6.91. The molecular weight excluding hydrogens is 451 g/mol. The van der Waals surface area contributed by atoms with Gasteiger partial charge in [-0.25, -0.2) is 9.18 Å². The number of nitrogens with zero attached hydrogens (tertiary/aromatic N) is 1. The quantitative estimate of drug-likeness (QED) is 0.322. The summed E-state index contributed by atoms with van der Waals surface area (Å²) < 4.78 is 24.8. The van der Waals surface area contributed by atoms with Gasteiger partial charge in [0.05, 0.1) is 6.42 Å². The number of carboxylic acids is 1. The number of carboxylic acid groups (broad SMARTS) is 1. The van der Waals surface area contributed by atoms with Crippen molar-refractivity contribution in [1.82, 2.24) is 5.16 Å². The van der Waals surface area contributed by atoms with Crippen LogP contribution in [0.15, 0.2) is 77.3 Å². The second-order valence-corrected chi connectivity index (χ2v) is 8.01. The Hall–Kier alpha value is -4.46. The maximum atomic E-state index is 14.0. The Morgan fingerprint density at radius 2 is 1.60 bits per heavy atom. The lowest BCUT2D eigenvalue weighted by molar-refractivity contribution is -0.136. The second kappa shape index (κ2) is 10.2. The predicted octanol–water partition coefficient (Wildman–Crippen LogP) is 6.39. The highest BCUT2D eigenvalue weighted by molar-refractivity contribution is 5.91. The van der Waals surface area contributed by atoms with E-state index in [1.807, 2.05) is 36.4 Å². The minimum absolute atomic E-state index is 0.0264. The summed E-state index contributed by atoms with van der Waals surface area (Å²) in [5.41, 5.74) is 4.38. The van der Waals surface area contributed by atoms with Gasteiger partial charge in [0, 0.05) is 11.1 Å². The van der Waals surface area contributed by atoms with Crippen molar-refractivity contribution < 1.29 is 28.3 Å². The topological polar surface area (TPSA) is 102 Å². The lowest BCUT2D eigenvalue weighted by Gasteiger charge is -2.15. The number of nitrogens with one attached hydrogen (secondary N) is 1. The fraction of sp³-hybridized carbons (Fsp3) is 0.148. The molecule has 0 fully saturated rings. The van der Waals surface area contributed by atoms with Crippen LogP contribution in [0.1, 0.15) is 29.8 Å². The molecule has 4 aromatic rings. The Labute approximate surface area is 201 Å². The van der Waals surface area contributed by atoms with Crippen LogP contribution in [0.3, 0.4) is 0 Å². The number of anilines is 1. The van der Waals surface area contributed by atoms with Gasteiger partial charge in [-0.15, -0.1) is 0 Å². The van der Waals surface area contributed by atoms with Gasteiger partial charge in [-0.2, -0.15) is 0 Å². The van der Waals surface area contributed by atoms with Crippen LogP contribution in [-0.2, 0) is 16.0 Å². The average molecular weight is 474 g/mol. The maximum Gasteiger partial charge on any atom is 0.412 e. The number of aromatic nitrogens is 1. The highest BCUT2D eigenvalue weighted by Gasteiger charge is 2.21. The monoisotopic (exact) mass is 474 g/mol. The summed E-state index contributed by atoms with van der Waals surface area (Å²) in [5.74, 6) is -0.966. The highest BCUT2D eigenvalue weighted by Crippen LogP contribution is 2.33. The van der Waals surface area contributed by atoms with Gasteiger partial charge < -0.3 is 14.4 Å². The maximum absolute atomic E-state index is 14.0. The molecule has 2 N–H and O–H groups in total. The van der Waals surface area contributed by atoms with Gasteiger partial charge in [0.25, 0.3) is 0 Å². The van der Waals surface area contributed by atoms with E-state index < -0.39 is 24.0 Å². The van der Waals surface area contributed by atoms with Gasteiger partial charge in [0.15, 0.2) is 5.76 Å². The SMILES string of the molecule is Cc1noc(-c2ccc(-c3ccc(CC(=O)O)cc3)cc2)c1NC(=O)O[C@H](C)c1ccccc1F. The van der Waals surface area contributed by atoms with Gasteiger partial charge in [-0.05, 0) is 36.6 Å². The minimum atomic E-state index is -0.876. The molecule has 1 aromatic heterocycles. The van der Waals surface area contributed by atoms with Crippen LogP contribution in [-0.4, -0.2) is 22.3 Å². The number of hydrogen-bond acceptors (Lipinski definition) is 5. The van der Waals surface area contributed by atoms with Crippen molar-refractivity contribution in [2.24, 2.45) is 0 Å². The molecule has 178 valence electrons. The molecule has 0 aliphatic rings. The third kappa shape index (κ3) is 5.55. The van der Waals surface area contributed by atoms with Gasteiger partial charge in [-0.3, -0.25) is 10.1 Å². The molecule has 0 saturated carbocycles. The van der Waals surface area contributed by atoms with Crippen molar-refractivity contribution in [3.63, 3.8) is 0 Å². The third-order valence-electron chi connectivity index (χ3n) is 5.51. The van der Waals surface area contributed by atoms with E-state index in [1.54, 1.807) is 44.2 Å². The predicted molar refractivity (Wildman–Crippen MR) is 128 cm³/mol. The van der Waals surface area contributed by atoms with E-state index in [0.717, 1.165) is 16.7 Å². The molecule has 0 radical (unpaired) electrons. The van der Waals surface area contributed by atoms with Crippen molar-refractivity contribution in [1.29, 1.82) is 0 Å². The summed E-state index contributed by atoms with van der Waals surface area (Å²) >= 11 is 0. The van der Waals surface area contributed by atoms with E-state index in [2.05, 4.69) is 10.5 Å². The van der Waals surface area contributed by atoms with Crippen molar-refractivity contribution >= 4 is 17.7 Å². The van der Waals surface area contributed by atoms with Crippen molar-refractivity contribution in [3.05, 3.63) is 95.4 Å². The molecule has 35 heavy (non-hydrogen) atoms. The molecule has 0 saturated heterocycles. The lowest BCUT2D eigenvalue weighted by atomic mass is 10.0. The molecule has 0 unspecified atom stereocenters. The number of carbonyl (C=O) groups is 2. The summed E-state index contributed by atoms with van der Waals surface area (Å²) in [4.78, 5) is 23.4. The first kappa shape index (κ1) is 23.7. The van der Waals surface area contributed by atoms with Crippen molar-refractivity contribution in [2.45, 2.75) is 26.4 Å². The summed E-state index contributed by atoms with van der Waals surface area (Å²) in [6, 6.07) is 20.9. The molecule has 1 atom stereocenters. The number of aliphatic carboxylic acids is 1. The number of ether oxygens (including phenoxy) is 1. The van der Waals surface area contributed by atoms with Gasteiger partial charge in [-0.1, -0.05) is 71.9 Å². The average Bonchev–Trinajstić information content (AvgIpc) is 3.19. The Morgan fingerprint density at radius 1 is 1.00 bits per heavy atom. The van der Waals surface area contributed by atoms with Gasteiger partial charge >= 0.3 is 12.1 Å². The molecular formula is C27H23FN2O5. The molecule has 7 nitrogen and oxygen atoms in total. The van der Waals surface area contributed by atoms with E-state index >= 15 is 0 Å². The molecule has 1 amide bonds. The van der Waals surface area contributed by atoms with Crippen LogP contribution < -0.4 is 5.32 Å². The largest absolute Gasteiger partial charge is 0.481 e. The smallest absolute Gasteiger partial charge is 0.412 e. The number of amides is 1. The van der Waals surface area contributed by atoms with E-state index in [0.29, 0.717) is 22.7 Å². The number of carbonyl (C=O) groups excluding carboxylic acids is 1. The first-order valence-electron chi connectivity index (χ1n) is 10.9. The first-order valence-corrected chi connectivity index (χ1v) is 10.9. The fourth-order valence-electron chi connectivity index (χ4n) is 3.68. The van der Waals surface area contributed by atoms with E-state index in [-0.39, 0.29) is 12.0 Å². The zero-order valence-corrected chi connectivity index (χ0v) is 19.1. The number of hydrogen-bond donors (Lipinski definition) is 2. The number of aryl methyl sites for hydroxylation is 1. The van der Waals surface area contributed by atoms with Crippen LogP contribution in [0, 0.1) is 12.7 Å². The lowest BCUT2D eigenvalue weighted by Crippen LogP contribution is -2.17. The Bertz CT molecular complexity index is 1350. The third-order valence-corrected chi connectivity index (χ3v) is 5.51. The molecule has 4 rings (SSSR count). The Morgan fingerprint density at radius 3 is 2.23 bits per heavy atom. The van der Waals surface area contributed by atoms with E-state index in [1.165, 1.54) is 6.07 Å². The molecule has 8 heteroatoms. The number of rotatable bonds is 7. The van der Waals surface area contributed by atoms with E-state index in [4.69, 9.17) is 14.4 Å². The van der Waals surface area contributed by atoms with Gasteiger partial charge in [0.1, 0.15) is 23.3 Å². The fourth-order valence-corrected chi connectivity index (χ4v) is 3.68.